The molecular formula is C12H14N2O. The van der Waals surface area contributed by atoms with Gasteiger partial charge in [-0.2, -0.15) is 0 Å². The van der Waals surface area contributed by atoms with E-state index in [1.165, 1.54) is 0 Å². The van der Waals surface area contributed by atoms with Gasteiger partial charge in [-0.15, -0.1) is 0 Å². The summed E-state index contributed by atoms with van der Waals surface area (Å²) in [4.78, 5) is 0. The number of anilines is 1. The van der Waals surface area contributed by atoms with E-state index in [2.05, 4.69) is 0 Å². The number of nitrogen functional groups attached to an aromatic ring is 1. The highest BCUT2D eigenvalue weighted by molar-refractivity contribution is 5.57. The molecule has 1 aromatic carbocycles. The van der Waals surface area contributed by atoms with Gasteiger partial charge in [-0.05, 0) is 44.2 Å². The first-order chi connectivity index (χ1) is 7.09. The van der Waals surface area contributed by atoms with E-state index in [-0.39, 0.29) is 5.75 Å². The maximum Gasteiger partial charge on any atom is 0.139 e. The Balaban J connectivity index is 2.68. The summed E-state index contributed by atoms with van der Waals surface area (Å²) in [5.74, 6) is 0.242. The Morgan fingerprint density at radius 2 is 1.67 bits per heavy atom. The lowest BCUT2D eigenvalue weighted by atomic mass is 10.2. The molecule has 3 heteroatoms. The maximum absolute atomic E-state index is 9.78. The molecule has 78 valence electrons. The fourth-order valence-electron chi connectivity index (χ4n) is 1.77. The van der Waals surface area contributed by atoms with E-state index in [4.69, 9.17) is 5.73 Å². The van der Waals surface area contributed by atoms with E-state index >= 15 is 0 Å². The molecule has 1 heterocycles. The molecule has 15 heavy (non-hydrogen) atoms. The van der Waals surface area contributed by atoms with Crippen LogP contribution in [0.15, 0.2) is 30.3 Å². The molecule has 2 aromatic rings. The molecule has 0 aliphatic rings. The number of phenolic OH excluding ortho intramolecular Hbond substituents is 1. The zero-order valence-corrected chi connectivity index (χ0v) is 8.86. The number of nitrogens with two attached hydrogens (primary N) is 1. The predicted octanol–water partition coefficient (Wildman–Crippen LogP) is 2.38. The van der Waals surface area contributed by atoms with Crippen molar-refractivity contribution in [1.82, 2.24) is 4.57 Å². The van der Waals surface area contributed by atoms with Crippen LogP contribution in [0.2, 0.25) is 0 Å². The van der Waals surface area contributed by atoms with E-state index in [1.807, 2.05) is 30.5 Å². The summed E-state index contributed by atoms with van der Waals surface area (Å²) in [6, 6.07) is 9.10. The largest absolute Gasteiger partial charge is 0.506 e. The van der Waals surface area contributed by atoms with Crippen LogP contribution < -0.4 is 5.73 Å². The number of phenols is 1. The van der Waals surface area contributed by atoms with Crippen LogP contribution in [0, 0.1) is 13.8 Å². The quantitative estimate of drug-likeness (QED) is 0.551. The van der Waals surface area contributed by atoms with E-state index < -0.39 is 0 Å². The highest BCUT2D eigenvalue weighted by Gasteiger charge is 2.08. The number of benzene rings is 1. The minimum atomic E-state index is 0.242. The summed E-state index contributed by atoms with van der Waals surface area (Å²) >= 11 is 0. The molecule has 2 rings (SSSR count). The predicted molar refractivity (Wildman–Crippen MR) is 61.3 cm³/mol. The van der Waals surface area contributed by atoms with Crippen molar-refractivity contribution >= 4 is 5.69 Å². The molecule has 0 fully saturated rings. The zero-order chi connectivity index (χ0) is 11.0. The van der Waals surface area contributed by atoms with Crippen molar-refractivity contribution in [1.29, 1.82) is 0 Å². The van der Waals surface area contributed by atoms with Gasteiger partial charge < -0.3 is 15.4 Å². The summed E-state index contributed by atoms with van der Waals surface area (Å²) in [6.45, 7) is 3.99. The van der Waals surface area contributed by atoms with Gasteiger partial charge in [-0.1, -0.05) is 0 Å². The summed E-state index contributed by atoms with van der Waals surface area (Å²) in [7, 11) is 0. The third-order valence-corrected chi connectivity index (χ3v) is 2.51. The monoisotopic (exact) mass is 202 g/mol. The number of hydrogen-bond donors (Lipinski definition) is 2. The molecule has 0 spiro atoms. The molecule has 0 unspecified atom stereocenters. The van der Waals surface area contributed by atoms with Crippen LogP contribution in [0.4, 0.5) is 5.69 Å². The number of aryl methyl sites for hydroxylation is 2. The minimum absolute atomic E-state index is 0.242. The van der Waals surface area contributed by atoms with Gasteiger partial charge in [0.1, 0.15) is 5.75 Å². The highest BCUT2D eigenvalue weighted by atomic mass is 16.3. The van der Waals surface area contributed by atoms with E-state index in [9.17, 15) is 5.11 Å². The van der Waals surface area contributed by atoms with Crippen LogP contribution in [0.3, 0.4) is 0 Å². The van der Waals surface area contributed by atoms with Gasteiger partial charge in [-0.3, -0.25) is 0 Å². The molecule has 0 atom stereocenters. The molecule has 0 aliphatic heterocycles. The smallest absolute Gasteiger partial charge is 0.139 e. The molecule has 3 nitrogen and oxygen atoms in total. The van der Waals surface area contributed by atoms with Crippen molar-refractivity contribution in [2.24, 2.45) is 0 Å². The van der Waals surface area contributed by atoms with Gasteiger partial charge >= 0.3 is 0 Å². The Bertz CT molecular complexity index is 481. The molecule has 0 amide bonds. The molecule has 0 saturated carbocycles. The number of hydrogen-bond acceptors (Lipinski definition) is 2. The van der Waals surface area contributed by atoms with Crippen molar-refractivity contribution < 1.29 is 5.11 Å². The maximum atomic E-state index is 9.78. The molecular weight excluding hydrogens is 188 g/mol. The van der Waals surface area contributed by atoms with Gasteiger partial charge in [-0.25, -0.2) is 0 Å². The Kier molecular flexibility index (Phi) is 2.15. The second kappa shape index (κ2) is 3.35. The van der Waals surface area contributed by atoms with E-state index in [1.54, 1.807) is 18.2 Å². The third kappa shape index (κ3) is 1.56. The Labute approximate surface area is 88.8 Å². The average molecular weight is 202 g/mol. The van der Waals surface area contributed by atoms with Gasteiger partial charge in [0.05, 0.1) is 5.69 Å². The minimum Gasteiger partial charge on any atom is -0.506 e. The van der Waals surface area contributed by atoms with Crippen LogP contribution in [0.1, 0.15) is 11.4 Å². The summed E-state index contributed by atoms with van der Waals surface area (Å²) in [5, 5.41) is 9.78. The van der Waals surface area contributed by atoms with Crippen molar-refractivity contribution in [3.63, 3.8) is 0 Å². The molecule has 0 bridgehead atoms. The lowest BCUT2D eigenvalue weighted by molar-refractivity contribution is 0.472. The van der Waals surface area contributed by atoms with Crippen LogP contribution in [-0.2, 0) is 0 Å². The Morgan fingerprint density at radius 3 is 2.27 bits per heavy atom. The van der Waals surface area contributed by atoms with Crippen LogP contribution in [-0.4, -0.2) is 9.67 Å². The van der Waals surface area contributed by atoms with Crippen molar-refractivity contribution in [3.05, 3.63) is 41.7 Å². The van der Waals surface area contributed by atoms with Gasteiger partial charge in [0.25, 0.3) is 0 Å². The fraction of sp³-hybridized carbons (Fsp3) is 0.167. The van der Waals surface area contributed by atoms with E-state index in [0.717, 1.165) is 17.1 Å². The second-order valence-electron chi connectivity index (χ2n) is 3.70. The van der Waals surface area contributed by atoms with Crippen LogP contribution in [0.25, 0.3) is 5.69 Å². The lowest BCUT2D eigenvalue weighted by Gasteiger charge is -2.11. The highest BCUT2D eigenvalue weighted by Crippen LogP contribution is 2.27. The summed E-state index contributed by atoms with van der Waals surface area (Å²) < 4.78 is 1.98. The SMILES string of the molecule is Cc1ccc(C)n1-c1cc(N)ccc1O. The van der Waals surface area contributed by atoms with Gasteiger partial charge in [0.15, 0.2) is 0 Å². The van der Waals surface area contributed by atoms with Gasteiger partial charge in [0, 0.05) is 17.1 Å². The summed E-state index contributed by atoms with van der Waals surface area (Å²) in [5.41, 5.74) is 9.24. The fourth-order valence-corrected chi connectivity index (χ4v) is 1.77. The molecule has 0 saturated heterocycles. The zero-order valence-electron chi connectivity index (χ0n) is 8.86. The first kappa shape index (κ1) is 9.65. The Hall–Kier alpha value is -1.90. The first-order valence-electron chi connectivity index (χ1n) is 4.83. The topological polar surface area (TPSA) is 51.2 Å². The second-order valence-corrected chi connectivity index (χ2v) is 3.70. The van der Waals surface area contributed by atoms with Crippen LogP contribution in [0.5, 0.6) is 5.75 Å². The number of aromatic nitrogens is 1. The van der Waals surface area contributed by atoms with Crippen molar-refractivity contribution in [2.45, 2.75) is 13.8 Å². The van der Waals surface area contributed by atoms with E-state index in [0.29, 0.717) is 5.69 Å². The standard InChI is InChI=1S/C12H14N2O/c1-8-3-4-9(2)14(8)11-7-10(13)5-6-12(11)15/h3-7,15H,13H2,1-2H3. The molecule has 0 radical (unpaired) electrons. The number of nitrogens with zero attached hydrogens (tertiary/aromatic N) is 1. The third-order valence-electron chi connectivity index (χ3n) is 2.51. The first-order valence-corrected chi connectivity index (χ1v) is 4.83. The van der Waals surface area contributed by atoms with Gasteiger partial charge in [0.2, 0.25) is 0 Å². The molecule has 3 N–H and O–H groups in total. The van der Waals surface area contributed by atoms with Crippen LogP contribution >= 0.6 is 0 Å². The lowest BCUT2D eigenvalue weighted by Crippen LogP contribution is -2.00. The Morgan fingerprint density at radius 1 is 1.07 bits per heavy atom. The molecule has 0 aliphatic carbocycles. The normalized spacial score (nSPS) is 10.5. The van der Waals surface area contributed by atoms with Crippen molar-refractivity contribution in [3.8, 4) is 11.4 Å². The molecule has 1 aromatic heterocycles. The van der Waals surface area contributed by atoms with Crippen molar-refractivity contribution in [2.75, 3.05) is 5.73 Å². The number of aromatic hydroxyl groups is 1. The number of rotatable bonds is 1. The summed E-state index contributed by atoms with van der Waals surface area (Å²) in [6.07, 6.45) is 0. The average Bonchev–Trinajstić information content (AvgIpc) is 2.51.